The van der Waals surface area contributed by atoms with Gasteiger partial charge in [0.15, 0.2) is 0 Å². The van der Waals surface area contributed by atoms with Gasteiger partial charge in [-0.25, -0.2) is 0 Å². The zero-order valence-electron chi connectivity index (χ0n) is 8.39. The van der Waals surface area contributed by atoms with E-state index in [-0.39, 0.29) is 0 Å². The first-order valence-electron chi connectivity index (χ1n) is 5.03. The first-order chi connectivity index (χ1) is 6.81. The SMILES string of the molecule is CNc1ccc(Cl)cc1N1CCCC1. The van der Waals surface area contributed by atoms with Gasteiger partial charge in [0, 0.05) is 25.2 Å². The quantitative estimate of drug-likeness (QED) is 0.808. The van der Waals surface area contributed by atoms with Crippen LogP contribution in [0.2, 0.25) is 5.02 Å². The van der Waals surface area contributed by atoms with Crippen molar-refractivity contribution in [3.8, 4) is 0 Å². The first-order valence-corrected chi connectivity index (χ1v) is 5.41. The average molecular weight is 211 g/mol. The summed E-state index contributed by atoms with van der Waals surface area (Å²) in [6.07, 6.45) is 2.57. The molecule has 0 spiro atoms. The molecule has 0 atom stereocenters. The summed E-state index contributed by atoms with van der Waals surface area (Å²) in [5, 5.41) is 4.01. The highest BCUT2D eigenvalue weighted by Gasteiger charge is 2.15. The lowest BCUT2D eigenvalue weighted by molar-refractivity contribution is 0.949. The third-order valence-corrected chi connectivity index (χ3v) is 2.91. The fourth-order valence-electron chi connectivity index (χ4n) is 1.94. The molecule has 0 bridgehead atoms. The smallest absolute Gasteiger partial charge is 0.0616 e. The first kappa shape index (κ1) is 9.66. The lowest BCUT2D eigenvalue weighted by atomic mass is 10.2. The van der Waals surface area contributed by atoms with Crippen LogP contribution < -0.4 is 10.2 Å². The molecule has 76 valence electrons. The molecule has 1 aliphatic rings. The summed E-state index contributed by atoms with van der Waals surface area (Å²) in [5.41, 5.74) is 2.40. The Hall–Kier alpha value is -0.890. The van der Waals surface area contributed by atoms with E-state index in [1.165, 1.54) is 18.5 Å². The Kier molecular flexibility index (Phi) is 2.82. The van der Waals surface area contributed by atoms with E-state index < -0.39 is 0 Å². The van der Waals surface area contributed by atoms with E-state index in [2.05, 4.69) is 10.2 Å². The second-order valence-corrected chi connectivity index (χ2v) is 4.04. The van der Waals surface area contributed by atoms with E-state index in [9.17, 15) is 0 Å². The number of hydrogen-bond donors (Lipinski definition) is 1. The molecule has 2 rings (SSSR count). The largest absolute Gasteiger partial charge is 0.386 e. The Bertz CT molecular complexity index is 319. The minimum Gasteiger partial charge on any atom is -0.386 e. The molecule has 1 aromatic rings. The highest BCUT2D eigenvalue weighted by atomic mass is 35.5. The number of rotatable bonds is 2. The van der Waals surface area contributed by atoms with Gasteiger partial charge in [0.05, 0.1) is 11.4 Å². The summed E-state index contributed by atoms with van der Waals surface area (Å²) < 4.78 is 0. The van der Waals surface area contributed by atoms with Gasteiger partial charge in [0.25, 0.3) is 0 Å². The van der Waals surface area contributed by atoms with Crippen LogP contribution in [0, 0.1) is 0 Å². The Morgan fingerprint density at radius 1 is 1.29 bits per heavy atom. The number of hydrogen-bond acceptors (Lipinski definition) is 2. The summed E-state index contributed by atoms with van der Waals surface area (Å²) in [6.45, 7) is 2.30. The van der Waals surface area contributed by atoms with Crippen molar-refractivity contribution < 1.29 is 0 Å². The van der Waals surface area contributed by atoms with Gasteiger partial charge < -0.3 is 10.2 Å². The number of benzene rings is 1. The molecule has 1 heterocycles. The highest BCUT2D eigenvalue weighted by Crippen LogP contribution is 2.31. The second kappa shape index (κ2) is 4.09. The summed E-state index contributed by atoms with van der Waals surface area (Å²) in [4.78, 5) is 2.39. The number of nitrogens with zero attached hydrogens (tertiary/aromatic N) is 1. The Morgan fingerprint density at radius 2 is 2.00 bits per heavy atom. The molecule has 0 aromatic heterocycles. The maximum absolute atomic E-state index is 6.00. The molecule has 2 nitrogen and oxygen atoms in total. The molecule has 3 heteroatoms. The molecule has 0 radical (unpaired) electrons. The summed E-state index contributed by atoms with van der Waals surface area (Å²) >= 11 is 6.00. The lowest BCUT2D eigenvalue weighted by Crippen LogP contribution is -2.18. The van der Waals surface area contributed by atoms with Crippen molar-refractivity contribution in [3.63, 3.8) is 0 Å². The van der Waals surface area contributed by atoms with Crippen molar-refractivity contribution in [2.45, 2.75) is 12.8 Å². The van der Waals surface area contributed by atoms with Gasteiger partial charge in [-0.3, -0.25) is 0 Å². The van der Waals surface area contributed by atoms with Crippen LogP contribution in [0.4, 0.5) is 11.4 Å². The molecule has 14 heavy (non-hydrogen) atoms. The van der Waals surface area contributed by atoms with Crippen LogP contribution >= 0.6 is 11.6 Å². The molecule has 1 fully saturated rings. The van der Waals surface area contributed by atoms with Crippen LogP contribution in [0.1, 0.15) is 12.8 Å². The Morgan fingerprint density at radius 3 is 2.64 bits per heavy atom. The predicted molar refractivity (Wildman–Crippen MR) is 62.4 cm³/mol. The van der Waals surface area contributed by atoms with Gasteiger partial charge in [0.1, 0.15) is 0 Å². The van der Waals surface area contributed by atoms with E-state index in [1.54, 1.807) is 0 Å². The third kappa shape index (κ3) is 1.80. The van der Waals surface area contributed by atoms with Crippen molar-refractivity contribution in [1.29, 1.82) is 0 Å². The van der Waals surface area contributed by atoms with E-state index >= 15 is 0 Å². The Labute approximate surface area is 89.9 Å². The van der Waals surface area contributed by atoms with Crippen LogP contribution in [0.5, 0.6) is 0 Å². The fourth-order valence-corrected chi connectivity index (χ4v) is 2.10. The molecule has 1 N–H and O–H groups in total. The van der Waals surface area contributed by atoms with Crippen molar-refractivity contribution >= 4 is 23.0 Å². The molecule has 0 saturated carbocycles. The van der Waals surface area contributed by atoms with Gasteiger partial charge in [-0.15, -0.1) is 0 Å². The molecule has 1 saturated heterocycles. The Balaban J connectivity index is 2.33. The van der Waals surface area contributed by atoms with Gasteiger partial charge in [-0.05, 0) is 31.0 Å². The van der Waals surface area contributed by atoms with Gasteiger partial charge >= 0.3 is 0 Å². The van der Waals surface area contributed by atoms with Gasteiger partial charge in [0.2, 0.25) is 0 Å². The van der Waals surface area contributed by atoms with Gasteiger partial charge in [-0.1, -0.05) is 11.6 Å². The summed E-state index contributed by atoms with van der Waals surface area (Å²) in [7, 11) is 1.95. The van der Waals surface area contributed by atoms with Crippen LogP contribution in [-0.2, 0) is 0 Å². The van der Waals surface area contributed by atoms with E-state index in [0.29, 0.717) is 0 Å². The zero-order valence-corrected chi connectivity index (χ0v) is 9.14. The summed E-state index contributed by atoms with van der Waals surface area (Å²) in [5.74, 6) is 0. The molecular weight excluding hydrogens is 196 g/mol. The number of nitrogens with one attached hydrogen (secondary N) is 1. The maximum Gasteiger partial charge on any atom is 0.0616 e. The average Bonchev–Trinajstić information content (AvgIpc) is 2.70. The molecule has 1 aliphatic heterocycles. The van der Waals surface area contributed by atoms with Gasteiger partial charge in [-0.2, -0.15) is 0 Å². The van der Waals surface area contributed by atoms with Crippen molar-refractivity contribution in [2.75, 3.05) is 30.4 Å². The minimum atomic E-state index is 0.811. The number of anilines is 2. The second-order valence-electron chi connectivity index (χ2n) is 3.61. The molecule has 1 aromatic carbocycles. The molecule has 0 amide bonds. The fraction of sp³-hybridized carbons (Fsp3) is 0.455. The van der Waals surface area contributed by atoms with Crippen LogP contribution in [-0.4, -0.2) is 20.1 Å². The molecule has 0 aliphatic carbocycles. The zero-order chi connectivity index (χ0) is 9.97. The van der Waals surface area contributed by atoms with Crippen molar-refractivity contribution in [1.82, 2.24) is 0 Å². The maximum atomic E-state index is 6.00. The monoisotopic (exact) mass is 210 g/mol. The van der Waals surface area contributed by atoms with Crippen LogP contribution in [0.25, 0.3) is 0 Å². The normalized spacial score (nSPS) is 16.0. The highest BCUT2D eigenvalue weighted by molar-refractivity contribution is 6.31. The molecular formula is C11H15ClN2. The lowest BCUT2D eigenvalue weighted by Gasteiger charge is -2.21. The topological polar surface area (TPSA) is 15.3 Å². The van der Waals surface area contributed by atoms with Crippen LogP contribution in [0.15, 0.2) is 18.2 Å². The van der Waals surface area contributed by atoms with E-state index in [1.807, 2.05) is 25.2 Å². The van der Waals surface area contributed by atoms with E-state index in [0.717, 1.165) is 23.8 Å². The summed E-state index contributed by atoms with van der Waals surface area (Å²) in [6, 6.07) is 6.00. The van der Waals surface area contributed by atoms with Crippen molar-refractivity contribution in [3.05, 3.63) is 23.2 Å². The minimum absolute atomic E-state index is 0.811. The molecule has 0 unspecified atom stereocenters. The van der Waals surface area contributed by atoms with Crippen molar-refractivity contribution in [2.24, 2.45) is 0 Å². The van der Waals surface area contributed by atoms with E-state index in [4.69, 9.17) is 11.6 Å². The number of halogens is 1. The third-order valence-electron chi connectivity index (χ3n) is 2.68. The van der Waals surface area contributed by atoms with Crippen LogP contribution in [0.3, 0.4) is 0 Å². The standard InChI is InChI=1S/C11H15ClN2/c1-13-10-5-4-9(12)8-11(10)14-6-2-3-7-14/h4-5,8,13H,2-3,6-7H2,1H3. The predicted octanol–water partition coefficient (Wildman–Crippen LogP) is 2.98.